The van der Waals surface area contributed by atoms with Gasteiger partial charge in [0.15, 0.2) is 5.82 Å². The van der Waals surface area contributed by atoms with Gasteiger partial charge in [0.2, 0.25) is 0 Å². The van der Waals surface area contributed by atoms with Crippen molar-refractivity contribution < 1.29 is 0 Å². The first kappa shape index (κ1) is 10.7. The van der Waals surface area contributed by atoms with Gasteiger partial charge in [-0.3, -0.25) is 5.10 Å². The highest BCUT2D eigenvalue weighted by Crippen LogP contribution is 2.09. The summed E-state index contributed by atoms with van der Waals surface area (Å²) in [7, 11) is 0. The molecule has 0 fully saturated rings. The van der Waals surface area contributed by atoms with Crippen LogP contribution in [0.15, 0.2) is 24.3 Å². The van der Waals surface area contributed by atoms with Crippen molar-refractivity contribution in [2.24, 2.45) is 0 Å². The Hall–Kier alpha value is -1.84. The van der Waals surface area contributed by atoms with Gasteiger partial charge in [-0.1, -0.05) is 24.6 Å². The van der Waals surface area contributed by atoms with Crippen molar-refractivity contribution in [2.45, 2.75) is 26.8 Å². The fourth-order valence-electron chi connectivity index (χ4n) is 1.43. The molecule has 0 amide bonds. The molecule has 0 aliphatic heterocycles. The number of aryl methyl sites for hydroxylation is 2. The van der Waals surface area contributed by atoms with E-state index in [4.69, 9.17) is 0 Å². The molecule has 0 unspecified atom stereocenters. The highest BCUT2D eigenvalue weighted by atomic mass is 15.2. The summed E-state index contributed by atoms with van der Waals surface area (Å²) in [5, 5.41) is 10.3. The average Bonchev–Trinajstić information content (AvgIpc) is 2.76. The molecule has 0 spiro atoms. The lowest BCUT2D eigenvalue weighted by atomic mass is 10.2. The summed E-state index contributed by atoms with van der Waals surface area (Å²) >= 11 is 0. The average molecular weight is 216 g/mol. The maximum absolute atomic E-state index is 4.33. The number of hydrogen-bond donors (Lipinski definition) is 2. The predicted molar refractivity (Wildman–Crippen MR) is 64.3 cm³/mol. The smallest absolute Gasteiger partial charge is 0.150 e. The van der Waals surface area contributed by atoms with Crippen molar-refractivity contribution in [3.63, 3.8) is 0 Å². The van der Waals surface area contributed by atoms with Gasteiger partial charge in [-0.2, -0.15) is 5.10 Å². The van der Waals surface area contributed by atoms with Crippen molar-refractivity contribution in [2.75, 3.05) is 5.32 Å². The Morgan fingerprint density at radius 3 is 2.62 bits per heavy atom. The summed E-state index contributed by atoms with van der Waals surface area (Å²) in [6.45, 7) is 4.80. The molecule has 1 aromatic heterocycles. The van der Waals surface area contributed by atoms with Gasteiger partial charge in [-0.15, -0.1) is 0 Å². The third kappa shape index (κ3) is 2.59. The van der Waals surface area contributed by atoms with Crippen LogP contribution in [0.25, 0.3) is 0 Å². The lowest BCUT2D eigenvalue weighted by Gasteiger charge is -2.03. The summed E-state index contributed by atoms with van der Waals surface area (Å²) in [6.07, 6.45) is 0.862. The van der Waals surface area contributed by atoms with Crippen LogP contribution in [-0.4, -0.2) is 15.2 Å². The molecule has 84 valence electrons. The molecule has 0 saturated carbocycles. The van der Waals surface area contributed by atoms with Crippen LogP contribution in [0.1, 0.15) is 24.1 Å². The van der Waals surface area contributed by atoms with E-state index in [9.17, 15) is 0 Å². The van der Waals surface area contributed by atoms with Crippen LogP contribution in [0.3, 0.4) is 0 Å². The second-order valence-corrected chi connectivity index (χ2v) is 3.77. The first-order valence-electron chi connectivity index (χ1n) is 5.48. The fourth-order valence-corrected chi connectivity index (χ4v) is 1.43. The summed E-state index contributed by atoms with van der Waals surface area (Å²) in [5.41, 5.74) is 2.36. The van der Waals surface area contributed by atoms with Crippen LogP contribution in [0.5, 0.6) is 0 Å². The number of benzene rings is 1. The van der Waals surface area contributed by atoms with E-state index in [0.717, 1.165) is 23.8 Å². The topological polar surface area (TPSA) is 53.6 Å². The van der Waals surface area contributed by atoms with E-state index in [2.05, 4.69) is 51.7 Å². The number of aromatic amines is 1. The largest absolute Gasteiger partial charge is 0.378 e. The molecular weight excluding hydrogens is 200 g/mol. The van der Waals surface area contributed by atoms with Crippen LogP contribution in [0.2, 0.25) is 0 Å². The van der Waals surface area contributed by atoms with Crippen molar-refractivity contribution in [3.8, 4) is 0 Å². The van der Waals surface area contributed by atoms with Crippen molar-refractivity contribution in [3.05, 3.63) is 41.5 Å². The molecule has 0 radical (unpaired) electrons. The number of nitrogens with zero attached hydrogens (tertiary/aromatic N) is 2. The minimum absolute atomic E-state index is 0.677. The SMILES string of the molecule is CCc1n[nH]c(CNc2ccc(C)cc2)n1. The Morgan fingerprint density at radius 1 is 1.25 bits per heavy atom. The Kier molecular flexibility index (Phi) is 3.19. The number of aromatic nitrogens is 3. The van der Waals surface area contributed by atoms with E-state index in [-0.39, 0.29) is 0 Å². The van der Waals surface area contributed by atoms with Gasteiger partial charge in [0, 0.05) is 12.1 Å². The predicted octanol–water partition coefficient (Wildman–Crippen LogP) is 2.29. The lowest BCUT2D eigenvalue weighted by Crippen LogP contribution is -2.01. The third-order valence-corrected chi connectivity index (χ3v) is 2.41. The number of rotatable bonds is 4. The van der Waals surface area contributed by atoms with Gasteiger partial charge in [0.05, 0.1) is 6.54 Å². The summed E-state index contributed by atoms with van der Waals surface area (Å²) in [4.78, 5) is 4.33. The molecule has 4 nitrogen and oxygen atoms in total. The molecule has 4 heteroatoms. The van der Waals surface area contributed by atoms with E-state index in [1.165, 1.54) is 5.56 Å². The van der Waals surface area contributed by atoms with Crippen LogP contribution in [-0.2, 0) is 13.0 Å². The molecule has 2 rings (SSSR count). The molecule has 1 heterocycles. The molecular formula is C12H16N4. The standard InChI is InChI=1S/C12H16N4/c1-3-11-14-12(16-15-11)8-13-10-6-4-9(2)5-7-10/h4-7,13H,3,8H2,1-2H3,(H,14,15,16). The Morgan fingerprint density at radius 2 is 2.00 bits per heavy atom. The number of anilines is 1. The first-order chi connectivity index (χ1) is 7.78. The normalized spacial score (nSPS) is 10.4. The van der Waals surface area contributed by atoms with Gasteiger partial charge in [-0.25, -0.2) is 4.98 Å². The van der Waals surface area contributed by atoms with E-state index in [1.807, 2.05) is 6.92 Å². The zero-order valence-corrected chi connectivity index (χ0v) is 9.62. The van der Waals surface area contributed by atoms with Crippen molar-refractivity contribution in [1.29, 1.82) is 0 Å². The van der Waals surface area contributed by atoms with Crippen LogP contribution in [0, 0.1) is 6.92 Å². The number of H-pyrrole nitrogens is 1. The molecule has 0 aliphatic carbocycles. The fraction of sp³-hybridized carbons (Fsp3) is 0.333. The molecule has 2 N–H and O–H groups in total. The van der Waals surface area contributed by atoms with Gasteiger partial charge in [0.1, 0.15) is 5.82 Å². The number of hydrogen-bond acceptors (Lipinski definition) is 3. The molecule has 16 heavy (non-hydrogen) atoms. The van der Waals surface area contributed by atoms with Crippen LogP contribution >= 0.6 is 0 Å². The van der Waals surface area contributed by atoms with Gasteiger partial charge >= 0.3 is 0 Å². The lowest BCUT2D eigenvalue weighted by molar-refractivity contribution is 0.939. The molecule has 2 aromatic rings. The monoisotopic (exact) mass is 216 g/mol. The van der Waals surface area contributed by atoms with Crippen molar-refractivity contribution in [1.82, 2.24) is 15.2 Å². The highest BCUT2D eigenvalue weighted by Gasteiger charge is 2.00. The second-order valence-electron chi connectivity index (χ2n) is 3.77. The minimum atomic E-state index is 0.677. The third-order valence-electron chi connectivity index (χ3n) is 2.41. The summed E-state index contributed by atoms with van der Waals surface area (Å²) in [5.74, 6) is 1.73. The second kappa shape index (κ2) is 4.79. The highest BCUT2D eigenvalue weighted by molar-refractivity contribution is 5.44. The minimum Gasteiger partial charge on any atom is -0.378 e. The van der Waals surface area contributed by atoms with Gasteiger partial charge < -0.3 is 5.32 Å². The van der Waals surface area contributed by atoms with E-state index < -0.39 is 0 Å². The zero-order valence-electron chi connectivity index (χ0n) is 9.62. The number of nitrogens with one attached hydrogen (secondary N) is 2. The molecule has 0 atom stereocenters. The van der Waals surface area contributed by atoms with Gasteiger partial charge in [-0.05, 0) is 19.1 Å². The van der Waals surface area contributed by atoms with Crippen molar-refractivity contribution >= 4 is 5.69 Å². The Bertz CT molecular complexity index is 444. The first-order valence-corrected chi connectivity index (χ1v) is 5.48. The maximum atomic E-state index is 4.33. The Labute approximate surface area is 95.1 Å². The van der Waals surface area contributed by atoms with E-state index in [0.29, 0.717) is 6.54 Å². The molecule has 0 aliphatic rings. The zero-order chi connectivity index (χ0) is 11.4. The summed E-state index contributed by atoms with van der Waals surface area (Å²) < 4.78 is 0. The molecule has 0 bridgehead atoms. The molecule has 1 aromatic carbocycles. The van der Waals surface area contributed by atoms with Gasteiger partial charge in [0.25, 0.3) is 0 Å². The quantitative estimate of drug-likeness (QED) is 0.824. The maximum Gasteiger partial charge on any atom is 0.150 e. The Balaban J connectivity index is 1.94. The van der Waals surface area contributed by atoms with Crippen LogP contribution < -0.4 is 5.32 Å². The van der Waals surface area contributed by atoms with E-state index >= 15 is 0 Å². The van der Waals surface area contributed by atoms with E-state index in [1.54, 1.807) is 0 Å². The summed E-state index contributed by atoms with van der Waals surface area (Å²) in [6, 6.07) is 8.29. The van der Waals surface area contributed by atoms with Crippen LogP contribution in [0.4, 0.5) is 5.69 Å². The molecule has 0 saturated heterocycles.